The number of nitrogens with zero attached hydrogens (tertiary/aromatic N) is 4. The summed E-state index contributed by atoms with van der Waals surface area (Å²) in [5.41, 5.74) is 15.5. The van der Waals surface area contributed by atoms with E-state index in [-0.39, 0.29) is 0 Å². The molecule has 0 atom stereocenters. The first-order valence-corrected chi connectivity index (χ1v) is 30.9. The van der Waals surface area contributed by atoms with E-state index in [1.807, 2.05) is 0 Å². The van der Waals surface area contributed by atoms with Gasteiger partial charge in [0.25, 0.3) is 0 Å². The molecule has 0 aliphatic carbocycles. The highest BCUT2D eigenvalue weighted by molar-refractivity contribution is 8.28. The second kappa shape index (κ2) is 15.5. The van der Waals surface area contributed by atoms with Gasteiger partial charge in [-0.25, -0.2) is 0 Å². The molecule has 9 aromatic rings. The quantitative estimate of drug-likeness (QED) is 0.154. The van der Waals surface area contributed by atoms with E-state index in [4.69, 9.17) is 50.4 Å². The fraction of sp³-hybridized carbons (Fsp3) is 0.105. The van der Waals surface area contributed by atoms with Gasteiger partial charge in [0.15, 0.2) is 0 Å². The average molecular weight is 975 g/mol. The van der Waals surface area contributed by atoms with Gasteiger partial charge in [0.05, 0.1) is 34.1 Å². The van der Waals surface area contributed by atoms with Gasteiger partial charge in [0.1, 0.15) is 0 Å². The molecule has 6 aromatic carbocycles. The summed E-state index contributed by atoms with van der Waals surface area (Å²) < 4.78 is 0. The predicted molar refractivity (Wildman–Crippen MR) is 298 cm³/mol. The largest absolute Gasteiger partial charge is 0.306 e. The zero-order chi connectivity index (χ0) is 46.1. The number of aryl methyl sites for hydroxylation is 6. The van der Waals surface area contributed by atoms with Gasteiger partial charge in [-0.1, -0.05) is 143 Å². The molecular weight excluding hydrogens is 930 g/mol. The molecule has 0 amide bonds. The Morgan fingerprint density at radius 2 is 0.567 bits per heavy atom. The molecule has 3 aromatic heterocycles. The lowest BCUT2D eigenvalue weighted by Crippen LogP contribution is -2.52. The SMILES string of the molecule is Cc1ccc(P2(=S)c3cc(-c4cccc(C)n4)cc4c3N3c5c2cc(-c2cccc(C)n2)cc5P(=S)(c2ccc(C)cc2)c2cc(-c5cccc(C)n5)cc(c23)P4(=S)c2ccc(C)cc2)cc1. The minimum atomic E-state index is -2.94. The lowest BCUT2D eigenvalue weighted by molar-refractivity contribution is 1.20. The number of hydrogen-bond acceptors (Lipinski definition) is 7. The highest BCUT2D eigenvalue weighted by atomic mass is 32.4. The summed E-state index contributed by atoms with van der Waals surface area (Å²) in [4.78, 5) is 18.1. The Kier molecular flexibility index (Phi) is 9.93. The number of aromatic nitrogens is 3. The molecule has 0 saturated heterocycles. The van der Waals surface area contributed by atoms with Crippen LogP contribution in [0.1, 0.15) is 33.8 Å². The van der Waals surface area contributed by atoms with Crippen molar-refractivity contribution in [1.82, 2.24) is 15.0 Å². The van der Waals surface area contributed by atoms with Crippen LogP contribution >= 0.6 is 18.1 Å². The molecule has 12 rings (SSSR count). The normalized spacial score (nSPS) is 19.5. The van der Waals surface area contributed by atoms with Gasteiger partial charge in [-0.2, -0.15) is 0 Å². The van der Waals surface area contributed by atoms with Gasteiger partial charge in [0.2, 0.25) is 0 Å². The molecule has 3 aliphatic rings. The standard InChI is InChI=1S/C57H45N4P3S3/c1-34-16-22-43(23-17-34)62(65)49-28-40(46-13-7-10-37(4)58-46)30-51-55(49)61-56-50(62)29-41(47-14-8-11-38(5)59-47)31-52(56)64(67,45-26-20-36(3)21-27-45)54-33-42(48-15-9-12-39(6)60-48)32-53(57(54)61)63(51,66)44-24-18-35(2)19-25-44/h7-33H,1-6H3. The predicted octanol–water partition coefficient (Wildman–Crippen LogP) is 10.4. The van der Waals surface area contributed by atoms with Gasteiger partial charge in [-0.3, -0.25) is 15.0 Å². The van der Waals surface area contributed by atoms with Crippen molar-refractivity contribution < 1.29 is 0 Å². The van der Waals surface area contributed by atoms with Crippen LogP contribution in [0.15, 0.2) is 164 Å². The third-order valence-electron chi connectivity index (χ3n) is 13.7. The molecule has 0 bridgehead atoms. The Labute approximate surface area is 408 Å². The summed E-state index contributed by atoms with van der Waals surface area (Å²) in [5.74, 6) is 0. The Morgan fingerprint density at radius 1 is 0.328 bits per heavy atom. The van der Waals surface area contributed by atoms with Gasteiger partial charge < -0.3 is 4.90 Å². The number of anilines is 3. The van der Waals surface area contributed by atoms with Crippen molar-refractivity contribution in [3.8, 4) is 33.8 Å². The average Bonchev–Trinajstić information content (AvgIpc) is 3.33. The van der Waals surface area contributed by atoms with Gasteiger partial charge in [-0.15, -0.1) is 0 Å². The molecule has 67 heavy (non-hydrogen) atoms. The van der Waals surface area contributed by atoms with Crippen molar-refractivity contribution in [2.45, 2.75) is 41.5 Å². The first kappa shape index (κ1) is 42.8. The van der Waals surface area contributed by atoms with Crippen LogP contribution in [0.5, 0.6) is 0 Å². The van der Waals surface area contributed by atoms with Gasteiger partial charge in [-0.05, 0) is 130 Å². The molecule has 3 aliphatic heterocycles. The lowest BCUT2D eigenvalue weighted by Gasteiger charge is -2.52. The molecule has 6 heterocycles. The third-order valence-corrected chi connectivity index (χ3v) is 28.3. The summed E-state index contributed by atoms with van der Waals surface area (Å²) in [5, 5.41) is 10.2. The number of hydrogen-bond donors (Lipinski definition) is 0. The fourth-order valence-electron chi connectivity index (χ4n) is 10.3. The second-order valence-electron chi connectivity index (χ2n) is 18.3. The van der Waals surface area contributed by atoms with Crippen molar-refractivity contribution in [3.63, 3.8) is 0 Å². The Bertz CT molecular complexity index is 3270. The summed E-state index contributed by atoms with van der Waals surface area (Å²) in [6, 6.07) is 51.2. The maximum absolute atomic E-state index is 7.61. The van der Waals surface area contributed by atoms with E-state index in [1.165, 1.54) is 16.7 Å². The molecule has 0 fully saturated rings. The van der Waals surface area contributed by atoms with Crippen LogP contribution in [-0.4, -0.2) is 15.0 Å². The second-order valence-corrected chi connectivity index (χ2v) is 31.3. The highest BCUT2D eigenvalue weighted by Crippen LogP contribution is 2.66. The smallest absolute Gasteiger partial charge is 0.0705 e. The van der Waals surface area contributed by atoms with Gasteiger partial charge in [0, 0.05) is 83.7 Å². The molecular formula is C57H45N4P3S3. The maximum Gasteiger partial charge on any atom is 0.0705 e. The number of rotatable bonds is 6. The van der Waals surface area contributed by atoms with Crippen LogP contribution in [0, 0.1) is 41.5 Å². The first-order valence-electron chi connectivity index (χ1n) is 22.5. The third kappa shape index (κ3) is 6.36. The van der Waals surface area contributed by atoms with Crippen molar-refractivity contribution in [1.29, 1.82) is 0 Å². The molecule has 0 N–H and O–H groups in total. The lowest BCUT2D eigenvalue weighted by atomic mass is 10.0. The van der Waals surface area contributed by atoms with Crippen LogP contribution in [0.2, 0.25) is 0 Å². The topological polar surface area (TPSA) is 41.9 Å². The first-order chi connectivity index (χ1) is 32.3. The van der Waals surface area contributed by atoms with Crippen LogP contribution in [0.4, 0.5) is 17.1 Å². The van der Waals surface area contributed by atoms with Crippen LogP contribution in [-0.2, 0) is 35.4 Å². The van der Waals surface area contributed by atoms with E-state index >= 15 is 0 Å². The zero-order valence-electron chi connectivity index (χ0n) is 37.9. The van der Waals surface area contributed by atoms with E-state index in [2.05, 4.69) is 210 Å². The van der Waals surface area contributed by atoms with Crippen LogP contribution < -0.4 is 52.6 Å². The molecule has 4 nitrogen and oxygen atoms in total. The summed E-state index contributed by atoms with van der Waals surface area (Å²) in [6.45, 7) is 12.6. The van der Waals surface area contributed by atoms with E-state index in [0.29, 0.717) is 0 Å². The minimum Gasteiger partial charge on any atom is -0.306 e. The molecule has 0 saturated carbocycles. The molecule has 0 radical (unpaired) electrons. The Balaban J connectivity index is 1.34. The number of pyridine rings is 3. The van der Waals surface area contributed by atoms with Gasteiger partial charge >= 0.3 is 0 Å². The Morgan fingerprint density at radius 3 is 0.791 bits per heavy atom. The number of benzene rings is 6. The Hall–Kier alpha value is -5.48. The van der Waals surface area contributed by atoms with Crippen molar-refractivity contribution in [2.75, 3.05) is 4.90 Å². The van der Waals surface area contributed by atoms with E-state index in [9.17, 15) is 0 Å². The van der Waals surface area contributed by atoms with E-state index in [0.717, 1.165) is 116 Å². The van der Waals surface area contributed by atoms with Crippen LogP contribution in [0.3, 0.4) is 0 Å². The van der Waals surface area contributed by atoms with Crippen LogP contribution in [0.25, 0.3) is 33.8 Å². The summed E-state index contributed by atoms with van der Waals surface area (Å²) in [7, 11) is 0. The molecule has 10 heteroatoms. The molecule has 0 spiro atoms. The monoisotopic (exact) mass is 974 g/mol. The van der Waals surface area contributed by atoms with E-state index < -0.39 is 18.1 Å². The summed E-state index contributed by atoms with van der Waals surface area (Å²) in [6.07, 6.45) is 0. The summed E-state index contributed by atoms with van der Waals surface area (Å²) >= 11 is 22.8. The molecule has 0 unspecified atom stereocenters. The minimum absolute atomic E-state index is 0.900. The fourth-order valence-corrected chi connectivity index (χ4v) is 23.4. The maximum atomic E-state index is 7.61. The van der Waals surface area contributed by atoms with E-state index in [1.54, 1.807) is 0 Å². The van der Waals surface area contributed by atoms with Crippen molar-refractivity contribution >= 4 is 118 Å². The van der Waals surface area contributed by atoms with Crippen molar-refractivity contribution in [2.24, 2.45) is 0 Å². The van der Waals surface area contributed by atoms with Crippen molar-refractivity contribution in [3.05, 3.63) is 198 Å². The highest BCUT2D eigenvalue weighted by Gasteiger charge is 2.53. The molecule has 326 valence electrons. The zero-order valence-corrected chi connectivity index (χ0v) is 43.1.